The highest BCUT2D eigenvalue weighted by Gasteiger charge is 2.32. The van der Waals surface area contributed by atoms with E-state index in [-0.39, 0.29) is 42.3 Å². The van der Waals surface area contributed by atoms with Crippen LogP contribution in [0.25, 0.3) is 0 Å². The third kappa shape index (κ3) is 5.22. The summed E-state index contributed by atoms with van der Waals surface area (Å²) in [5.74, 6) is -0.759. The summed E-state index contributed by atoms with van der Waals surface area (Å²) >= 11 is 0. The lowest BCUT2D eigenvalue weighted by atomic mass is 9.98. The van der Waals surface area contributed by atoms with E-state index in [2.05, 4.69) is 13.8 Å². The molecule has 0 bridgehead atoms. The molecular formula is C22H26FNO4S. The molecule has 0 unspecified atom stereocenters. The van der Waals surface area contributed by atoms with Gasteiger partial charge < -0.3 is 4.74 Å². The Kier molecular flexibility index (Phi) is 6.70. The predicted octanol–water partition coefficient (Wildman–Crippen LogP) is 4.09. The monoisotopic (exact) mass is 419 g/mol. The molecule has 0 spiro atoms. The van der Waals surface area contributed by atoms with E-state index < -0.39 is 10.0 Å². The van der Waals surface area contributed by atoms with Gasteiger partial charge in [0.15, 0.2) is 0 Å². The molecule has 5 nitrogen and oxygen atoms in total. The number of sulfonamides is 1. The fraction of sp³-hybridized carbons (Fsp3) is 0.409. The molecule has 29 heavy (non-hydrogen) atoms. The third-order valence-corrected chi connectivity index (χ3v) is 7.15. The summed E-state index contributed by atoms with van der Waals surface area (Å²) in [4.78, 5) is 12.6. The zero-order valence-corrected chi connectivity index (χ0v) is 17.5. The first-order valence-electron chi connectivity index (χ1n) is 9.78. The van der Waals surface area contributed by atoms with Crippen molar-refractivity contribution in [2.45, 2.75) is 44.1 Å². The molecule has 0 N–H and O–H groups in total. The van der Waals surface area contributed by atoms with Crippen LogP contribution in [0.15, 0.2) is 53.4 Å². The molecule has 156 valence electrons. The van der Waals surface area contributed by atoms with Gasteiger partial charge in [-0.05, 0) is 54.2 Å². The second-order valence-corrected chi connectivity index (χ2v) is 9.58. The first kappa shape index (κ1) is 21.5. The van der Waals surface area contributed by atoms with E-state index in [1.165, 1.54) is 16.4 Å². The Morgan fingerprint density at radius 2 is 1.79 bits per heavy atom. The third-order valence-electron chi connectivity index (χ3n) is 5.24. The molecule has 0 atom stereocenters. The van der Waals surface area contributed by atoms with Gasteiger partial charge in [0.05, 0.1) is 10.8 Å². The maximum Gasteiger partial charge on any atom is 0.309 e. The van der Waals surface area contributed by atoms with Gasteiger partial charge in [0, 0.05) is 13.1 Å². The van der Waals surface area contributed by atoms with Crippen molar-refractivity contribution in [1.29, 1.82) is 0 Å². The van der Waals surface area contributed by atoms with Crippen molar-refractivity contribution in [1.82, 2.24) is 4.31 Å². The molecule has 2 aromatic rings. The van der Waals surface area contributed by atoms with Crippen molar-refractivity contribution in [3.63, 3.8) is 0 Å². The highest BCUT2D eigenvalue weighted by Crippen LogP contribution is 2.26. The molecule has 0 aromatic heterocycles. The largest absolute Gasteiger partial charge is 0.461 e. The van der Waals surface area contributed by atoms with Crippen LogP contribution >= 0.6 is 0 Å². The van der Waals surface area contributed by atoms with Gasteiger partial charge in [0.1, 0.15) is 12.4 Å². The Bertz CT molecular complexity index is 949. The summed E-state index contributed by atoms with van der Waals surface area (Å²) in [6.45, 7) is 4.67. The van der Waals surface area contributed by atoms with Gasteiger partial charge in [-0.3, -0.25) is 4.79 Å². The van der Waals surface area contributed by atoms with Gasteiger partial charge >= 0.3 is 5.97 Å². The van der Waals surface area contributed by atoms with Crippen LogP contribution in [0.4, 0.5) is 4.39 Å². The van der Waals surface area contributed by atoms with Crippen LogP contribution in [0.5, 0.6) is 0 Å². The summed E-state index contributed by atoms with van der Waals surface area (Å²) in [5, 5.41) is 0. The average molecular weight is 420 g/mol. The first-order valence-corrected chi connectivity index (χ1v) is 11.2. The second kappa shape index (κ2) is 9.05. The second-order valence-electron chi connectivity index (χ2n) is 7.64. The van der Waals surface area contributed by atoms with Crippen molar-refractivity contribution in [3.8, 4) is 0 Å². The Labute approximate surface area is 171 Å². The van der Waals surface area contributed by atoms with Gasteiger partial charge in [0.25, 0.3) is 0 Å². The summed E-state index contributed by atoms with van der Waals surface area (Å²) in [6, 6.07) is 12.9. The zero-order valence-electron chi connectivity index (χ0n) is 16.7. The number of nitrogens with zero attached hydrogens (tertiary/aromatic N) is 1. The van der Waals surface area contributed by atoms with Gasteiger partial charge in [-0.2, -0.15) is 4.31 Å². The number of rotatable bonds is 6. The van der Waals surface area contributed by atoms with E-state index >= 15 is 0 Å². The van der Waals surface area contributed by atoms with Crippen molar-refractivity contribution in [2.75, 3.05) is 13.1 Å². The van der Waals surface area contributed by atoms with Crippen LogP contribution in [-0.2, 0) is 26.2 Å². The predicted molar refractivity (Wildman–Crippen MR) is 108 cm³/mol. The lowest BCUT2D eigenvalue weighted by Crippen LogP contribution is -2.40. The lowest BCUT2D eigenvalue weighted by molar-refractivity contribution is -0.151. The average Bonchev–Trinajstić information content (AvgIpc) is 2.72. The number of carbonyl (C=O) groups is 1. The number of ether oxygens (including phenoxy) is 1. The van der Waals surface area contributed by atoms with Crippen molar-refractivity contribution in [2.24, 2.45) is 5.92 Å². The van der Waals surface area contributed by atoms with Crippen LogP contribution in [0, 0.1) is 11.7 Å². The number of esters is 1. The Balaban J connectivity index is 1.55. The lowest BCUT2D eigenvalue weighted by Gasteiger charge is -2.30. The van der Waals surface area contributed by atoms with Gasteiger partial charge in [-0.1, -0.05) is 38.1 Å². The first-order chi connectivity index (χ1) is 13.8. The zero-order chi connectivity index (χ0) is 21.0. The van der Waals surface area contributed by atoms with E-state index in [9.17, 15) is 17.6 Å². The Morgan fingerprint density at radius 1 is 1.14 bits per heavy atom. The highest BCUT2D eigenvalue weighted by molar-refractivity contribution is 7.89. The van der Waals surface area contributed by atoms with Gasteiger partial charge in [-0.15, -0.1) is 0 Å². The van der Waals surface area contributed by atoms with Crippen LogP contribution in [0.3, 0.4) is 0 Å². The fourth-order valence-electron chi connectivity index (χ4n) is 3.40. The Morgan fingerprint density at radius 3 is 2.38 bits per heavy atom. The molecule has 1 aliphatic rings. The van der Waals surface area contributed by atoms with E-state index in [0.29, 0.717) is 24.3 Å². The molecule has 0 aliphatic carbocycles. The minimum atomic E-state index is -3.57. The molecule has 1 fully saturated rings. The minimum Gasteiger partial charge on any atom is -0.461 e. The highest BCUT2D eigenvalue weighted by atomic mass is 32.2. The summed E-state index contributed by atoms with van der Waals surface area (Å²) in [7, 11) is -3.57. The van der Waals surface area contributed by atoms with Crippen molar-refractivity contribution >= 4 is 16.0 Å². The molecule has 1 saturated heterocycles. The molecule has 7 heteroatoms. The summed E-state index contributed by atoms with van der Waals surface area (Å²) in [5.41, 5.74) is 1.67. The SMILES string of the molecule is CC(C)c1ccc(S(=O)(=O)N2CCC(C(=O)OCc3cccc(F)c3)CC2)cc1. The smallest absolute Gasteiger partial charge is 0.309 e. The van der Waals surface area contributed by atoms with Crippen LogP contribution < -0.4 is 0 Å². The van der Waals surface area contributed by atoms with E-state index in [1.807, 2.05) is 12.1 Å². The summed E-state index contributed by atoms with van der Waals surface area (Å²) in [6.07, 6.45) is 0.816. The molecule has 1 aliphatic heterocycles. The minimum absolute atomic E-state index is 0.0112. The standard InChI is InChI=1S/C22H26FNO4S/c1-16(2)18-6-8-21(9-7-18)29(26,27)24-12-10-19(11-13-24)22(25)28-15-17-4-3-5-20(23)14-17/h3-9,14,16,19H,10-13,15H2,1-2H3. The molecule has 0 saturated carbocycles. The van der Waals surface area contributed by atoms with E-state index in [4.69, 9.17) is 4.74 Å². The van der Waals surface area contributed by atoms with Gasteiger partial charge in [-0.25, -0.2) is 12.8 Å². The quantitative estimate of drug-likeness (QED) is 0.662. The summed E-state index contributed by atoms with van der Waals surface area (Å²) < 4.78 is 45.6. The molecule has 1 heterocycles. The van der Waals surface area contributed by atoms with Crippen LogP contribution in [0.1, 0.15) is 43.7 Å². The molecule has 0 amide bonds. The van der Waals surface area contributed by atoms with Crippen molar-refractivity contribution in [3.05, 3.63) is 65.5 Å². The molecule has 0 radical (unpaired) electrons. The maximum absolute atomic E-state index is 13.2. The normalized spacial score (nSPS) is 16.1. The number of hydrogen-bond acceptors (Lipinski definition) is 4. The number of hydrogen-bond donors (Lipinski definition) is 0. The number of halogens is 1. The fourth-order valence-corrected chi connectivity index (χ4v) is 4.87. The molecular weight excluding hydrogens is 393 g/mol. The van der Waals surface area contributed by atoms with E-state index in [0.717, 1.165) is 5.56 Å². The topological polar surface area (TPSA) is 63.7 Å². The molecule has 3 rings (SSSR count). The number of benzene rings is 2. The van der Waals surface area contributed by atoms with Crippen molar-refractivity contribution < 1.29 is 22.3 Å². The van der Waals surface area contributed by atoms with Crippen LogP contribution in [-0.4, -0.2) is 31.8 Å². The number of piperidine rings is 1. The Hall–Kier alpha value is -2.25. The van der Waals surface area contributed by atoms with Crippen LogP contribution in [0.2, 0.25) is 0 Å². The van der Waals surface area contributed by atoms with Gasteiger partial charge in [0.2, 0.25) is 10.0 Å². The number of carbonyl (C=O) groups excluding carboxylic acids is 1. The molecule has 2 aromatic carbocycles. The van der Waals surface area contributed by atoms with E-state index in [1.54, 1.807) is 24.3 Å². The maximum atomic E-state index is 13.2.